The van der Waals surface area contributed by atoms with Crippen LogP contribution in [0.4, 0.5) is 0 Å². The van der Waals surface area contributed by atoms with Gasteiger partial charge in [-0.15, -0.1) is 0 Å². The number of aliphatic hydroxyl groups is 1. The van der Waals surface area contributed by atoms with Crippen molar-refractivity contribution >= 4 is 11.6 Å². The van der Waals surface area contributed by atoms with Gasteiger partial charge in [0, 0.05) is 12.7 Å². The summed E-state index contributed by atoms with van der Waals surface area (Å²) >= 11 is 6.34. The van der Waals surface area contributed by atoms with Crippen molar-refractivity contribution in [2.75, 3.05) is 7.11 Å². The third-order valence-electron chi connectivity index (χ3n) is 3.64. The Morgan fingerprint density at radius 1 is 1.33 bits per heavy atom. The first-order valence-corrected chi connectivity index (χ1v) is 7.01. The molecule has 0 radical (unpaired) electrons. The maximum Gasteiger partial charge on any atom is 0.133 e. The highest BCUT2D eigenvalue weighted by atomic mass is 35.5. The van der Waals surface area contributed by atoms with E-state index in [4.69, 9.17) is 16.3 Å². The first-order valence-electron chi connectivity index (χ1n) is 6.63. The molecular weight excluding hydrogens is 252 g/mol. The van der Waals surface area contributed by atoms with Crippen molar-refractivity contribution in [2.24, 2.45) is 0 Å². The van der Waals surface area contributed by atoms with Gasteiger partial charge in [-0.05, 0) is 12.8 Å². The van der Waals surface area contributed by atoms with Crippen LogP contribution < -0.4 is 0 Å². The summed E-state index contributed by atoms with van der Waals surface area (Å²) in [7, 11) is 1.62. The van der Waals surface area contributed by atoms with Gasteiger partial charge in [-0.2, -0.15) is 5.10 Å². The van der Waals surface area contributed by atoms with E-state index in [2.05, 4.69) is 5.10 Å². The summed E-state index contributed by atoms with van der Waals surface area (Å²) in [5.74, 6) is 0. The van der Waals surface area contributed by atoms with Gasteiger partial charge in [0.15, 0.2) is 0 Å². The summed E-state index contributed by atoms with van der Waals surface area (Å²) in [6, 6.07) is 0.371. The van der Waals surface area contributed by atoms with Crippen LogP contribution in [0.1, 0.15) is 55.8 Å². The van der Waals surface area contributed by atoms with Crippen molar-refractivity contribution in [3.05, 3.63) is 16.4 Å². The summed E-state index contributed by atoms with van der Waals surface area (Å²) in [6.45, 7) is 0.319. The number of nitrogens with zero attached hydrogens (tertiary/aromatic N) is 2. The fourth-order valence-corrected chi connectivity index (χ4v) is 2.99. The number of hydrogen-bond acceptors (Lipinski definition) is 3. The van der Waals surface area contributed by atoms with E-state index in [9.17, 15) is 5.11 Å². The lowest BCUT2D eigenvalue weighted by Gasteiger charge is -2.15. The van der Waals surface area contributed by atoms with Gasteiger partial charge >= 0.3 is 0 Å². The van der Waals surface area contributed by atoms with Gasteiger partial charge in [-0.25, -0.2) is 0 Å². The molecule has 1 saturated carbocycles. The lowest BCUT2D eigenvalue weighted by atomic mass is 10.1. The highest BCUT2D eigenvalue weighted by molar-refractivity contribution is 6.30. The number of rotatable bonds is 4. The Labute approximate surface area is 113 Å². The second-order valence-corrected chi connectivity index (χ2v) is 5.26. The molecule has 1 aliphatic carbocycles. The largest absolute Gasteiger partial charge is 0.391 e. The smallest absolute Gasteiger partial charge is 0.133 e. The number of ether oxygens (including phenoxy) is 1. The van der Waals surface area contributed by atoms with E-state index >= 15 is 0 Å². The maximum absolute atomic E-state index is 9.40. The molecule has 5 heteroatoms. The normalized spacial score (nSPS) is 17.9. The fourth-order valence-electron chi connectivity index (χ4n) is 2.65. The molecule has 0 bridgehead atoms. The van der Waals surface area contributed by atoms with Crippen LogP contribution in [-0.2, 0) is 18.0 Å². The Balaban J connectivity index is 2.25. The minimum absolute atomic E-state index is 0.0791. The Bertz CT molecular complexity index is 385. The zero-order valence-corrected chi connectivity index (χ0v) is 11.6. The lowest BCUT2D eigenvalue weighted by Crippen LogP contribution is -2.10. The molecule has 18 heavy (non-hydrogen) atoms. The van der Waals surface area contributed by atoms with Gasteiger partial charge in [-0.1, -0.05) is 37.3 Å². The van der Waals surface area contributed by atoms with Crippen molar-refractivity contribution in [1.82, 2.24) is 9.78 Å². The van der Waals surface area contributed by atoms with Crippen LogP contribution in [-0.4, -0.2) is 22.0 Å². The molecule has 102 valence electrons. The first kappa shape index (κ1) is 13.8. The molecule has 1 aliphatic rings. The van der Waals surface area contributed by atoms with Crippen LogP contribution in [0.5, 0.6) is 0 Å². The highest BCUT2D eigenvalue weighted by Crippen LogP contribution is 2.32. The average Bonchev–Trinajstić information content (AvgIpc) is 2.58. The predicted octanol–water partition coefficient (Wildman–Crippen LogP) is 3.07. The summed E-state index contributed by atoms with van der Waals surface area (Å²) in [6.07, 6.45) is 7.31. The van der Waals surface area contributed by atoms with E-state index in [0.717, 1.165) is 18.5 Å². The summed E-state index contributed by atoms with van der Waals surface area (Å²) in [5.41, 5.74) is 1.47. The summed E-state index contributed by atoms with van der Waals surface area (Å²) in [4.78, 5) is 0. The Morgan fingerprint density at radius 2 is 2.00 bits per heavy atom. The third-order valence-corrected chi connectivity index (χ3v) is 4.04. The Kier molecular flexibility index (Phi) is 5.03. The van der Waals surface area contributed by atoms with E-state index in [1.165, 1.54) is 25.7 Å². The minimum Gasteiger partial charge on any atom is -0.391 e. The van der Waals surface area contributed by atoms with Crippen molar-refractivity contribution in [3.8, 4) is 0 Å². The highest BCUT2D eigenvalue weighted by Gasteiger charge is 2.22. The van der Waals surface area contributed by atoms with Crippen molar-refractivity contribution in [1.29, 1.82) is 0 Å². The van der Waals surface area contributed by atoms with Gasteiger partial charge < -0.3 is 9.84 Å². The van der Waals surface area contributed by atoms with Gasteiger partial charge in [-0.3, -0.25) is 4.68 Å². The molecule has 2 rings (SSSR count). The molecule has 0 aliphatic heterocycles. The number of methoxy groups -OCH3 is 1. The molecular formula is C13H21ClN2O2. The molecule has 0 unspecified atom stereocenters. The van der Waals surface area contributed by atoms with Crippen LogP contribution in [0.15, 0.2) is 0 Å². The molecule has 0 saturated heterocycles. The van der Waals surface area contributed by atoms with E-state index in [-0.39, 0.29) is 6.61 Å². The topological polar surface area (TPSA) is 47.3 Å². The lowest BCUT2D eigenvalue weighted by molar-refractivity contribution is 0.177. The molecule has 1 heterocycles. The number of halogens is 1. The average molecular weight is 273 g/mol. The fraction of sp³-hybridized carbons (Fsp3) is 0.769. The standard InChI is InChI=1S/C13H21ClN2O2/c1-18-9-12-11(8-17)13(14)16(15-12)10-6-4-2-3-5-7-10/h10,17H,2-9H2,1H3. The van der Waals surface area contributed by atoms with Crippen LogP contribution in [0, 0.1) is 0 Å². The Morgan fingerprint density at radius 3 is 2.56 bits per heavy atom. The summed E-state index contributed by atoms with van der Waals surface area (Å²) in [5, 5.41) is 14.5. The molecule has 1 aromatic rings. The van der Waals surface area contributed by atoms with Crippen molar-refractivity contribution < 1.29 is 9.84 Å². The third kappa shape index (κ3) is 2.87. The van der Waals surface area contributed by atoms with Crippen LogP contribution in [0.2, 0.25) is 5.15 Å². The first-order chi connectivity index (χ1) is 8.77. The molecule has 4 nitrogen and oxygen atoms in total. The molecule has 0 atom stereocenters. The van der Waals surface area contributed by atoms with Crippen LogP contribution in [0.3, 0.4) is 0 Å². The second-order valence-electron chi connectivity index (χ2n) is 4.90. The number of aliphatic hydroxyl groups excluding tert-OH is 1. The molecule has 1 N–H and O–H groups in total. The minimum atomic E-state index is -0.0791. The molecule has 0 amide bonds. The van der Waals surface area contributed by atoms with Gasteiger partial charge in [0.1, 0.15) is 5.15 Å². The molecule has 0 spiro atoms. The van der Waals surface area contributed by atoms with Gasteiger partial charge in [0.2, 0.25) is 0 Å². The zero-order chi connectivity index (χ0) is 13.0. The van der Waals surface area contributed by atoms with Gasteiger partial charge in [0.05, 0.1) is 24.9 Å². The molecule has 1 fully saturated rings. The van der Waals surface area contributed by atoms with Crippen LogP contribution >= 0.6 is 11.6 Å². The zero-order valence-electron chi connectivity index (χ0n) is 10.9. The van der Waals surface area contributed by atoms with E-state index in [1.54, 1.807) is 7.11 Å². The van der Waals surface area contributed by atoms with Crippen molar-refractivity contribution in [3.63, 3.8) is 0 Å². The quantitative estimate of drug-likeness (QED) is 0.857. The monoisotopic (exact) mass is 272 g/mol. The van der Waals surface area contributed by atoms with Crippen LogP contribution in [0.25, 0.3) is 0 Å². The van der Waals surface area contributed by atoms with E-state index in [0.29, 0.717) is 23.4 Å². The number of hydrogen-bond donors (Lipinski definition) is 1. The van der Waals surface area contributed by atoms with Gasteiger partial charge in [0.25, 0.3) is 0 Å². The molecule has 0 aromatic carbocycles. The number of aromatic nitrogens is 2. The van der Waals surface area contributed by atoms with E-state index in [1.807, 2.05) is 4.68 Å². The predicted molar refractivity (Wildman–Crippen MR) is 70.6 cm³/mol. The van der Waals surface area contributed by atoms with Crippen molar-refractivity contribution in [2.45, 2.75) is 57.8 Å². The summed E-state index contributed by atoms with van der Waals surface area (Å²) < 4.78 is 7.00. The Hall–Kier alpha value is -0.580. The molecule has 1 aromatic heterocycles. The van der Waals surface area contributed by atoms with E-state index < -0.39 is 0 Å². The second kappa shape index (κ2) is 6.55. The SMILES string of the molecule is COCc1nn(C2CCCCCC2)c(Cl)c1CO. The maximum atomic E-state index is 9.40.